The van der Waals surface area contributed by atoms with Crippen molar-refractivity contribution in [3.05, 3.63) is 10.6 Å². The Hall–Kier alpha value is 0.830. The fourth-order valence-corrected chi connectivity index (χ4v) is 3.14. The fraction of sp³-hybridized carbons (Fsp3) is 0.778. The monoisotopic (exact) mass is 374 g/mol. The minimum absolute atomic E-state index is 0.0423. The molecule has 0 saturated carbocycles. The van der Waals surface area contributed by atoms with Gasteiger partial charge in [-0.1, -0.05) is 38.5 Å². The normalized spacial score (nSPS) is 45.9. The zero-order valence-electron chi connectivity index (χ0n) is 7.91. The van der Waals surface area contributed by atoms with E-state index in [1.54, 1.807) is 6.08 Å². The van der Waals surface area contributed by atoms with Crippen LogP contribution in [0.4, 0.5) is 0 Å². The van der Waals surface area contributed by atoms with Gasteiger partial charge in [0.05, 0.1) is 10.0 Å². The summed E-state index contributed by atoms with van der Waals surface area (Å²) in [6, 6.07) is 0. The second-order valence-electron chi connectivity index (χ2n) is 4.01. The molecule has 0 amide bonds. The van der Waals surface area contributed by atoms with E-state index in [0.29, 0.717) is 0 Å². The SMILES string of the molecule is CC1(C)O[C@H]2[C@H](I)[C@@H](O)C=C(Br)[C@H]2O1. The third-order valence-electron chi connectivity index (χ3n) is 2.37. The number of ether oxygens (including phenoxy) is 2. The Labute approximate surface area is 105 Å². The van der Waals surface area contributed by atoms with Crippen LogP contribution in [0.5, 0.6) is 0 Å². The molecule has 2 rings (SSSR count). The van der Waals surface area contributed by atoms with Gasteiger partial charge in [0.15, 0.2) is 5.79 Å². The lowest BCUT2D eigenvalue weighted by Crippen LogP contribution is -2.42. The van der Waals surface area contributed by atoms with Gasteiger partial charge in [-0.25, -0.2) is 0 Å². The molecule has 0 radical (unpaired) electrons. The summed E-state index contributed by atoms with van der Waals surface area (Å²) in [4.78, 5) is 0. The van der Waals surface area contributed by atoms with Crippen molar-refractivity contribution in [2.45, 2.75) is 41.9 Å². The molecule has 1 saturated heterocycles. The molecule has 0 spiro atoms. The van der Waals surface area contributed by atoms with Gasteiger partial charge >= 0.3 is 0 Å². The molecule has 5 heteroatoms. The van der Waals surface area contributed by atoms with Gasteiger partial charge in [-0.05, 0) is 19.9 Å². The van der Waals surface area contributed by atoms with E-state index in [0.717, 1.165) is 4.48 Å². The molecule has 1 fully saturated rings. The highest BCUT2D eigenvalue weighted by Crippen LogP contribution is 2.41. The summed E-state index contributed by atoms with van der Waals surface area (Å²) in [5.41, 5.74) is 0. The zero-order chi connectivity index (χ0) is 10.5. The summed E-state index contributed by atoms with van der Waals surface area (Å²) in [5, 5.41) is 9.72. The van der Waals surface area contributed by atoms with Crippen LogP contribution in [0.1, 0.15) is 13.8 Å². The number of fused-ring (bicyclic) bond motifs is 1. The highest BCUT2D eigenvalue weighted by molar-refractivity contribution is 14.1. The number of aliphatic hydroxyl groups is 1. The minimum atomic E-state index is -0.560. The molecule has 1 heterocycles. The summed E-state index contributed by atoms with van der Waals surface area (Å²) >= 11 is 5.61. The zero-order valence-corrected chi connectivity index (χ0v) is 11.6. The van der Waals surface area contributed by atoms with E-state index in [1.807, 2.05) is 13.8 Å². The van der Waals surface area contributed by atoms with E-state index in [1.165, 1.54) is 0 Å². The number of aliphatic hydroxyl groups excluding tert-OH is 1. The molecular formula is C9H12BrIO3. The smallest absolute Gasteiger partial charge is 0.164 e. The highest BCUT2D eigenvalue weighted by atomic mass is 127. The average Bonchev–Trinajstić information content (AvgIpc) is 2.38. The lowest BCUT2D eigenvalue weighted by Gasteiger charge is -2.29. The number of hydrogen-bond donors (Lipinski definition) is 1. The molecule has 1 aliphatic carbocycles. The van der Waals surface area contributed by atoms with Gasteiger partial charge in [-0.3, -0.25) is 0 Å². The molecule has 2 aliphatic rings. The molecule has 3 nitrogen and oxygen atoms in total. The Morgan fingerprint density at radius 3 is 2.79 bits per heavy atom. The second kappa shape index (κ2) is 3.69. The van der Waals surface area contributed by atoms with Gasteiger partial charge in [0, 0.05) is 4.48 Å². The summed E-state index contributed by atoms with van der Waals surface area (Å²) < 4.78 is 12.4. The quantitative estimate of drug-likeness (QED) is 0.520. The summed E-state index contributed by atoms with van der Waals surface area (Å²) in [7, 11) is 0. The maximum absolute atomic E-state index is 9.72. The molecule has 80 valence electrons. The van der Waals surface area contributed by atoms with Crippen molar-refractivity contribution in [3.8, 4) is 0 Å². The van der Waals surface area contributed by atoms with E-state index < -0.39 is 11.9 Å². The fourth-order valence-electron chi connectivity index (χ4n) is 1.78. The standard InChI is InChI=1S/C9H12BrIO3/c1-9(2)13-7-4(10)3-5(12)6(11)8(7)14-9/h3,5-8,12H,1-2H3/t5-,6+,7+,8-/m0/s1. The molecule has 0 bridgehead atoms. The van der Waals surface area contributed by atoms with Crippen molar-refractivity contribution >= 4 is 38.5 Å². The third-order valence-corrected chi connectivity index (χ3v) is 4.53. The summed E-state index contributed by atoms with van der Waals surface area (Å²) in [6.45, 7) is 3.78. The Morgan fingerprint density at radius 1 is 1.50 bits per heavy atom. The van der Waals surface area contributed by atoms with Crippen LogP contribution < -0.4 is 0 Å². The lowest BCUT2D eigenvalue weighted by atomic mass is 10.00. The Kier molecular flexibility index (Phi) is 2.99. The second-order valence-corrected chi connectivity index (χ2v) is 6.36. The molecular weight excluding hydrogens is 363 g/mol. The first-order valence-corrected chi connectivity index (χ1v) is 6.49. The van der Waals surface area contributed by atoms with Gasteiger partial charge in [0.1, 0.15) is 12.2 Å². The number of halogens is 2. The average molecular weight is 375 g/mol. The molecule has 0 aromatic carbocycles. The van der Waals surface area contributed by atoms with Crippen molar-refractivity contribution in [2.24, 2.45) is 0 Å². The largest absolute Gasteiger partial charge is 0.388 e. The van der Waals surface area contributed by atoms with Crippen LogP contribution in [0.25, 0.3) is 0 Å². The minimum Gasteiger partial charge on any atom is -0.388 e. The van der Waals surface area contributed by atoms with Crippen molar-refractivity contribution in [1.29, 1.82) is 0 Å². The predicted molar refractivity (Wildman–Crippen MR) is 64.6 cm³/mol. The van der Waals surface area contributed by atoms with Crippen LogP contribution in [-0.2, 0) is 9.47 Å². The molecule has 0 aromatic heterocycles. The first-order chi connectivity index (χ1) is 6.41. The van der Waals surface area contributed by atoms with Gasteiger partial charge in [0.2, 0.25) is 0 Å². The predicted octanol–water partition coefficient (Wildman–Crippen LogP) is 1.96. The van der Waals surface area contributed by atoms with Gasteiger partial charge in [-0.2, -0.15) is 0 Å². The first kappa shape index (κ1) is 11.3. The first-order valence-electron chi connectivity index (χ1n) is 4.46. The van der Waals surface area contributed by atoms with E-state index in [4.69, 9.17) is 9.47 Å². The van der Waals surface area contributed by atoms with Crippen molar-refractivity contribution < 1.29 is 14.6 Å². The van der Waals surface area contributed by atoms with Crippen molar-refractivity contribution in [1.82, 2.24) is 0 Å². The Morgan fingerprint density at radius 2 is 2.14 bits per heavy atom. The van der Waals surface area contributed by atoms with Gasteiger partial charge < -0.3 is 14.6 Å². The van der Waals surface area contributed by atoms with E-state index in [9.17, 15) is 5.11 Å². The number of hydrogen-bond acceptors (Lipinski definition) is 3. The van der Waals surface area contributed by atoms with Crippen LogP contribution in [0, 0.1) is 0 Å². The molecule has 14 heavy (non-hydrogen) atoms. The van der Waals surface area contributed by atoms with Gasteiger partial charge in [0.25, 0.3) is 0 Å². The molecule has 0 unspecified atom stereocenters. The van der Waals surface area contributed by atoms with Crippen LogP contribution in [0.2, 0.25) is 0 Å². The Bertz CT molecular complexity index is 279. The Balaban J connectivity index is 2.27. The van der Waals surface area contributed by atoms with Crippen molar-refractivity contribution in [3.63, 3.8) is 0 Å². The molecule has 4 atom stereocenters. The molecule has 1 aliphatic heterocycles. The van der Waals surface area contributed by atoms with Crippen LogP contribution in [0.3, 0.4) is 0 Å². The third kappa shape index (κ3) is 1.89. The van der Waals surface area contributed by atoms with Gasteiger partial charge in [-0.15, -0.1) is 0 Å². The van der Waals surface area contributed by atoms with Crippen molar-refractivity contribution in [2.75, 3.05) is 0 Å². The van der Waals surface area contributed by atoms with Crippen LogP contribution in [-0.4, -0.2) is 33.1 Å². The number of alkyl halides is 1. The maximum atomic E-state index is 9.72. The van der Waals surface area contributed by atoms with Crippen LogP contribution in [0.15, 0.2) is 10.6 Å². The van der Waals surface area contributed by atoms with E-state index in [2.05, 4.69) is 38.5 Å². The van der Waals surface area contributed by atoms with E-state index in [-0.39, 0.29) is 16.1 Å². The summed E-state index contributed by atoms with van der Waals surface area (Å²) in [5.74, 6) is -0.560. The summed E-state index contributed by atoms with van der Waals surface area (Å²) in [6.07, 6.45) is 1.17. The van der Waals surface area contributed by atoms with E-state index >= 15 is 0 Å². The molecule has 0 aromatic rings. The maximum Gasteiger partial charge on any atom is 0.164 e. The topological polar surface area (TPSA) is 38.7 Å². The van der Waals surface area contributed by atoms with Crippen LogP contribution >= 0.6 is 38.5 Å². The highest BCUT2D eigenvalue weighted by Gasteiger charge is 2.49. The number of rotatable bonds is 0. The molecule has 1 N–H and O–H groups in total. The lowest BCUT2D eigenvalue weighted by molar-refractivity contribution is -0.143.